The van der Waals surface area contributed by atoms with Gasteiger partial charge >= 0.3 is 0 Å². The summed E-state index contributed by atoms with van der Waals surface area (Å²) in [6.07, 6.45) is 1.23. The molecule has 8 nitrogen and oxygen atoms in total. The van der Waals surface area contributed by atoms with Gasteiger partial charge in [-0.2, -0.15) is 0 Å². The molecule has 1 aromatic heterocycles. The first-order valence-corrected chi connectivity index (χ1v) is 11.7. The molecule has 0 spiro atoms. The molecule has 158 valence electrons. The van der Waals surface area contributed by atoms with Crippen LogP contribution in [-0.4, -0.2) is 54.3 Å². The predicted molar refractivity (Wildman–Crippen MR) is 114 cm³/mol. The smallest absolute Gasteiger partial charge is 0.264 e. The van der Waals surface area contributed by atoms with Crippen LogP contribution in [0.3, 0.4) is 0 Å². The lowest BCUT2D eigenvalue weighted by molar-refractivity contribution is -0.131. The molecule has 1 saturated heterocycles. The highest BCUT2D eigenvalue weighted by atomic mass is 32.2. The molecule has 1 aliphatic heterocycles. The van der Waals surface area contributed by atoms with Gasteiger partial charge in [0.2, 0.25) is 0 Å². The number of nitrogens with two attached hydrogens (primary N) is 1. The number of rotatable bonds is 5. The topological polar surface area (TPSA) is 132 Å². The van der Waals surface area contributed by atoms with E-state index in [-0.39, 0.29) is 12.8 Å². The van der Waals surface area contributed by atoms with Crippen LogP contribution in [0.25, 0.3) is 10.2 Å². The zero-order chi connectivity index (χ0) is 22.0. The standard InChI is InChI=1S/C20H21N3O5S2/c1-19(18(24)23-25,30(2,26)27)10-8-17-22-15-7-6-14(11-16(15)29-17)5-3-4-9-20(21)12-28-13-20/h6-7,11,25H,8,10,12-13,21H2,1-2H3,(H,23,24)/t19-/m1/s1. The zero-order valence-electron chi connectivity index (χ0n) is 16.5. The van der Waals surface area contributed by atoms with Crippen LogP contribution in [0.4, 0.5) is 0 Å². The first-order chi connectivity index (χ1) is 14.1. The normalized spacial score (nSPS) is 16.9. The summed E-state index contributed by atoms with van der Waals surface area (Å²) >= 11 is 1.40. The maximum Gasteiger partial charge on any atom is 0.264 e. The monoisotopic (exact) mass is 447 g/mol. The van der Waals surface area contributed by atoms with E-state index in [1.165, 1.54) is 23.7 Å². The molecule has 2 heterocycles. The van der Waals surface area contributed by atoms with E-state index in [9.17, 15) is 13.2 Å². The van der Waals surface area contributed by atoms with Gasteiger partial charge in [0.15, 0.2) is 9.84 Å². The maximum atomic E-state index is 12.1. The summed E-state index contributed by atoms with van der Waals surface area (Å²) < 4.78 is 28.3. The van der Waals surface area contributed by atoms with E-state index in [1.807, 2.05) is 18.2 Å². The fourth-order valence-corrected chi connectivity index (χ4v) is 4.60. The summed E-state index contributed by atoms with van der Waals surface area (Å²) in [6.45, 7) is 2.11. The quantitative estimate of drug-likeness (QED) is 0.348. The lowest BCUT2D eigenvalue weighted by Gasteiger charge is -2.32. The summed E-state index contributed by atoms with van der Waals surface area (Å²) in [6, 6.07) is 5.53. The summed E-state index contributed by atoms with van der Waals surface area (Å²) in [5.74, 6) is 10.4. The Morgan fingerprint density at radius 3 is 2.77 bits per heavy atom. The fraction of sp³-hybridized carbons (Fsp3) is 0.400. The van der Waals surface area contributed by atoms with Gasteiger partial charge in [-0.25, -0.2) is 18.9 Å². The largest absolute Gasteiger partial charge is 0.375 e. The van der Waals surface area contributed by atoms with Gasteiger partial charge in [-0.15, -0.1) is 11.3 Å². The molecule has 1 atom stereocenters. The molecule has 1 amide bonds. The van der Waals surface area contributed by atoms with Crippen LogP contribution in [0.2, 0.25) is 0 Å². The van der Waals surface area contributed by atoms with Gasteiger partial charge in [0.25, 0.3) is 5.91 Å². The van der Waals surface area contributed by atoms with E-state index in [0.717, 1.165) is 22.0 Å². The molecule has 0 bridgehead atoms. The van der Waals surface area contributed by atoms with E-state index < -0.39 is 26.0 Å². The van der Waals surface area contributed by atoms with Crippen molar-refractivity contribution < 1.29 is 23.2 Å². The van der Waals surface area contributed by atoms with Crippen molar-refractivity contribution in [3.8, 4) is 23.7 Å². The molecule has 30 heavy (non-hydrogen) atoms. The van der Waals surface area contributed by atoms with Crippen LogP contribution in [0, 0.1) is 23.7 Å². The van der Waals surface area contributed by atoms with Crippen molar-refractivity contribution in [2.45, 2.75) is 30.1 Å². The summed E-state index contributed by atoms with van der Waals surface area (Å²) in [7, 11) is -3.75. The zero-order valence-corrected chi connectivity index (χ0v) is 18.1. The Morgan fingerprint density at radius 1 is 1.43 bits per heavy atom. The van der Waals surface area contributed by atoms with Crippen molar-refractivity contribution >= 4 is 37.3 Å². The maximum absolute atomic E-state index is 12.1. The van der Waals surface area contributed by atoms with Gasteiger partial charge in [-0.3, -0.25) is 10.0 Å². The second-order valence-electron chi connectivity index (χ2n) is 7.38. The van der Waals surface area contributed by atoms with Gasteiger partial charge in [0, 0.05) is 18.2 Å². The van der Waals surface area contributed by atoms with E-state index in [4.69, 9.17) is 15.7 Å². The number of carbonyl (C=O) groups is 1. The lowest BCUT2D eigenvalue weighted by atomic mass is 10.0. The first kappa shape index (κ1) is 22.2. The van der Waals surface area contributed by atoms with Crippen molar-refractivity contribution in [1.29, 1.82) is 0 Å². The highest BCUT2D eigenvalue weighted by molar-refractivity contribution is 7.92. The molecule has 2 aromatic rings. The first-order valence-electron chi connectivity index (χ1n) is 9.00. The fourth-order valence-electron chi connectivity index (χ4n) is 2.74. The Balaban J connectivity index is 1.75. The molecule has 10 heteroatoms. The van der Waals surface area contributed by atoms with Crippen LogP contribution >= 0.6 is 11.3 Å². The predicted octanol–water partition coefficient (Wildman–Crippen LogP) is 0.620. The van der Waals surface area contributed by atoms with Crippen molar-refractivity contribution in [3.05, 3.63) is 28.8 Å². The number of nitrogens with zero attached hydrogens (tertiary/aromatic N) is 1. The van der Waals surface area contributed by atoms with E-state index in [0.29, 0.717) is 18.2 Å². The Labute approximate surface area is 178 Å². The van der Waals surface area contributed by atoms with E-state index in [2.05, 4.69) is 28.7 Å². The minimum absolute atomic E-state index is 0.00907. The third-order valence-corrected chi connectivity index (χ3v) is 8.05. The lowest BCUT2D eigenvalue weighted by Crippen LogP contribution is -2.56. The molecule has 1 fully saturated rings. The summed E-state index contributed by atoms with van der Waals surface area (Å²) in [5.41, 5.74) is 8.30. The summed E-state index contributed by atoms with van der Waals surface area (Å²) in [5, 5.41) is 9.60. The molecule has 1 aromatic carbocycles. The van der Waals surface area contributed by atoms with Gasteiger partial charge in [0.1, 0.15) is 10.3 Å². The van der Waals surface area contributed by atoms with Crippen molar-refractivity contribution in [1.82, 2.24) is 10.5 Å². The number of ether oxygens (including phenoxy) is 1. The SMILES string of the molecule is C[C@@](CCc1nc2ccc(C#CC#CC3(N)COC3)cc2s1)(C(=O)NO)S(C)(=O)=O. The van der Waals surface area contributed by atoms with Crippen LogP contribution in [0.15, 0.2) is 18.2 Å². The highest BCUT2D eigenvalue weighted by Crippen LogP contribution is 2.28. The molecular weight excluding hydrogens is 426 g/mol. The average Bonchev–Trinajstić information content (AvgIpc) is 3.08. The van der Waals surface area contributed by atoms with Crippen LogP contribution in [0.1, 0.15) is 23.9 Å². The molecule has 0 unspecified atom stereocenters. The van der Waals surface area contributed by atoms with Crippen molar-refractivity contribution in [2.75, 3.05) is 19.5 Å². The molecule has 0 aliphatic carbocycles. The Hall–Kier alpha value is -2.47. The number of hydrogen-bond donors (Lipinski definition) is 3. The van der Waals surface area contributed by atoms with Crippen LogP contribution in [0.5, 0.6) is 0 Å². The molecule has 0 radical (unpaired) electrons. The molecule has 1 aliphatic rings. The highest BCUT2D eigenvalue weighted by Gasteiger charge is 2.43. The number of benzene rings is 1. The van der Waals surface area contributed by atoms with Gasteiger partial charge in [-0.05, 0) is 43.4 Å². The number of sulfone groups is 1. The Kier molecular flexibility index (Phi) is 6.18. The molecule has 4 N–H and O–H groups in total. The van der Waals surface area contributed by atoms with Crippen LogP contribution < -0.4 is 11.2 Å². The van der Waals surface area contributed by atoms with Gasteiger partial charge in [0.05, 0.1) is 28.4 Å². The third-order valence-electron chi connectivity index (χ3n) is 4.95. The minimum Gasteiger partial charge on any atom is -0.375 e. The Morgan fingerprint density at radius 2 is 2.17 bits per heavy atom. The van der Waals surface area contributed by atoms with Crippen LogP contribution in [-0.2, 0) is 25.8 Å². The minimum atomic E-state index is -3.75. The van der Waals surface area contributed by atoms with E-state index in [1.54, 1.807) is 0 Å². The molecule has 0 saturated carbocycles. The number of amides is 1. The second-order valence-corrected chi connectivity index (χ2v) is 10.9. The number of aryl methyl sites for hydroxylation is 1. The number of thiazole rings is 1. The van der Waals surface area contributed by atoms with Gasteiger partial charge < -0.3 is 10.5 Å². The number of hydrogen-bond acceptors (Lipinski definition) is 8. The van der Waals surface area contributed by atoms with Crippen molar-refractivity contribution in [3.63, 3.8) is 0 Å². The number of fused-ring (bicyclic) bond motifs is 1. The molecular formula is C20H21N3O5S2. The van der Waals surface area contributed by atoms with E-state index >= 15 is 0 Å². The average molecular weight is 448 g/mol. The second kappa shape index (κ2) is 8.34. The number of hydroxylamine groups is 1. The number of aromatic nitrogens is 1. The summed E-state index contributed by atoms with van der Waals surface area (Å²) in [4.78, 5) is 16.4. The van der Waals surface area contributed by atoms with Gasteiger partial charge in [-0.1, -0.05) is 11.8 Å². The number of nitrogens with one attached hydrogen (secondary N) is 1. The Bertz CT molecular complexity index is 1210. The number of carbonyl (C=O) groups excluding carboxylic acids is 1. The third kappa shape index (κ3) is 4.64. The molecule has 3 rings (SSSR count). The van der Waals surface area contributed by atoms with Crippen molar-refractivity contribution in [2.24, 2.45) is 5.73 Å².